The zero-order valence-corrected chi connectivity index (χ0v) is 8.92. The average Bonchev–Trinajstić information content (AvgIpc) is 2.26. The monoisotopic (exact) mass is 209 g/mol. The van der Waals surface area contributed by atoms with E-state index in [0.717, 1.165) is 13.0 Å². The molecule has 0 unspecified atom stereocenters. The van der Waals surface area contributed by atoms with Crippen LogP contribution in [-0.2, 0) is 6.54 Å². The van der Waals surface area contributed by atoms with E-state index in [2.05, 4.69) is 11.9 Å². The predicted octanol–water partition coefficient (Wildman–Crippen LogP) is 2.50. The number of benzene rings is 1. The number of halogens is 1. The zero-order valence-electron chi connectivity index (χ0n) is 8.92. The smallest absolute Gasteiger partial charge is 0.131 e. The highest BCUT2D eigenvalue weighted by Crippen LogP contribution is 2.15. The van der Waals surface area contributed by atoms with Gasteiger partial charge in [0.2, 0.25) is 0 Å². The maximum absolute atomic E-state index is 13.4. The highest BCUT2D eigenvalue weighted by molar-refractivity contribution is 5.28. The summed E-state index contributed by atoms with van der Waals surface area (Å²) in [5.74, 6) is 0.308. The summed E-state index contributed by atoms with van der Waals surface area (Å²) in [4.78, 5) is 0. The van der Waals surface area contributed by atoms with Crippen molar-refractivity contribution in [2.75, 3.05) is 13.7 Å². The number of hydrogen-bond donors (Lipinski definition) is 1. The zero-order chi connectivity index (χ0) is 11.1. The van der Waals surface area contributed by atoms with E-state index in [1.54, 1.807) is 12.1 Å². The molecular weight excluding hydrogens is 193 g/mol. The van der Waals surface area contributed by atoms with Gasteiger partial charge in [-0.2, -0.15) is 0 Å². The third kappa shape index (κ3) is 3.72. The molecule has 0 fully saturated rings. The summed E-state index contributed by atoms with van der Waals surface area (Å²) in [6.07, 6.45) is 2.72. The van der Waals surface area contributed by atoms with Gasteiger partial charge in [0.25, 0.3) is 0 Å². The highest BCUT2D eigenvalue weighted by Gasteiger charge is 2.02. The molecule has 1 rings (SSSR count). The van der Waals surface area contributed by atoms with Gasteiger partial charge in [0.15, 0.2) is 0 Å². The third-order valence-corrected chi connectivity index (χ3v) is 2.10. The van der Waals surface area contributed by atoms with Gasteiger partial charge in [-0.1, -0.05) is 12.1 Å². The van der Waals surface area contributed by atoms with Gasteiger partial charge in [0.05, 0.1) is 7.11 Å². The van der Waals surface area contributed by atoms with Gasteiger partial charge in [-0.05, 0) is 19.0 Å². The van der Waals surface area contributed by atoms with Crippen molar-refractivity contribution in [1.82, 2.24) is 5.32 Å². The molecule has 0 aliphatic carbocycles. The van der Waals surface area contributed by atoms with Crippen LogP contribution >= 0.6 is 0 Å². The molecular formula is C12H16FNO. The number of nitrogens with one attached hydrogen (secondary N) is 1. The number of rotatable bonds is 6. The molecule has 15 heavy (non-hydrogen) atoms. The van der Waals surface area contributed by atoms with Gasteiger partial charge in [-0.25, -0.2) is 4.39 Å². The molecule has 1 N–H and O–H groups in total. The minimum absolute atomic E-state index is 0.236. The first-order valence-corrected chi connectivity index (χ1v) is 4.92. The standard InChI is InChI=1S/C12H16FNO/c1-3-4-7-14-9-10-5-6-11(15-2)8-12(10)13/h3,5-6,8,14H,1,4,7,9H2,2H3. The molecule has 0 saturated carbocycles. The van der Waals surface area contributed by atoms with Crippen LogP contribution in [0.15, 0.2) is 30.9 Å². The van der Waals surface area contributed by atoms with Crippen LogP contribution in [0.5, 0.6) is 5.75 Å². The molecule has 0 heterocycles. The van der Waals surface area contributed by atoms with E-state index in [0.29, 0.717) is 17.9 Å². The van der Waals surface area contributed by atoms with Crippen molar-refractivity contribution in [2.24, 2.45) is 0 Å². The second-order valence-corrected chi connectivity index (χ2v) is 3.21. The van der Waals surface area contributed by atoms with Gasteiger partial charge in [0, 0.05) is 18.2 Å². The first-order chi connectivity index (χ1) is 7.27. The van der Waals surface area contributed by atoms with Crippen molar-refractivity contribution in [3.8, 4) is 5.75 Å². The van der Waals surface area contributed by atoms with E-state index < -0.39 is 0 Å². The second kappa shape index (κ2) is 6.19. The Kier molecular flexibility index (Phi) is 4.84. The minimum Gasteiger partial charge on any atom is -0.497 e. The maximum atomic E-state index is 13.4. The van der Waals surface area contributed by atoms with Crippen molar-refractivity contribution in [3.05, 3.63) is 42.2 Å². The molecule has 1 aromatic rings. The van der Waals surface area contributed by atoms with E-state index >= 15 is 0 Å². The Hall–Kier alpha value is -1.35. The lowest BCUT2D eigenvalue weighted by molar-refractivity contribution is 0.410. The van der Waals surface area contributed by atoms with Gasteiger partial charge in [-0.3, -0.25) is 0 Å². The maximum Gasteiger partial charge on any atom is 0.131 e. The lowest BCUT2D eigenvalue weighted by Crippen LogP contribution is -2.14. The Balaban J connectivity index is 2.50. The largest absolute Gasteiger partial charge is 0.497 e. The molecule has 0 aromatic heterocycles. The van der Waals surface area contributed by atoms with Gasteiger partial charge in [0.1, 0.15) is 11.6 Å². The van der Waals surface area contributed by atoms with Gasteiger partial charge < -0.3 is 10.1 Å². The van der Waals surface area contributed by atoms with E-state index in [9.17, 15) is 4.39 Å². The van der Waals surface area contributed by atoms with E-state index in [-0.39, 0.29) is 5.82 Å². The van der Waals surface area contributed by atoms with Crippen LogP contribution in [-0.4, -0.2) is 13.7 Å². The van der Waals surface area contributed by atoms with Crippen molar-refractivity contribution in [3.63, 3.8) is 0 Å². The molecule has 0 aliphatic heterocycles. The Morgan fingerprint density at radius 1 is 1.53 bits per heavy atom. The Morgan fingerprint density at radius 3 is 2.93 bits per heavy atom. The van der Waals surface area contributed by atoms with Crippen molar-refractivity contribution < 1.29 is 9.13 Å². The molecule has 1 aromatic carbocycles. The SMILES string of the molecule is C=CCCNCc1ccc(OC)cc1F. The van der Waals surface area contributed by atoms with Gasteiger partial charge >= 0.3 is 0 Å². The summed E-state index contributed by atoms with van der Waals surface area (Å²) in [7, 11) is 1.52. The van der Waals surface area contributed by atoms with Crippen LogP contribution < -0.4 is 10.1 Å². The minimum atomic E-state index is -0.236. The summed E-state index contributed by atoms with van der Waals surface area (Å²) >= 11 is 0. The topological polar surface area (TPSA) is 21.3 Å². The lowest BCUT2D eigenvalue weighted by atomic mass is 10.2. The molecule has 0 atom stereocenters. The molecule has 0 radical (unpaired) electrons. The molecule has 0 spiro atoms. The Bertz CT molecular complexity index is 325. The molecule has 0 aliphatic rings. The van der Waals surface area contributed by atoms with Crippen molar-refractivity contribution in [1.29, 1.82) is 0 Å². The fourth-order valence-corrected chi connectivity index (χ4v) is 1.23. The van der Waals surface area contributed by atoms with Crippen LogP contribution in [0.4, 0.5) is 4.39 Å². The molecule has 82 valence electrons. The van der Waals surface area contributed by atoms with Crippen LogP contribution in [0, 0.1) is 5.82 Å². The van der Waals surface area contributed by atoms with Crippen molar-refractivity contribution in [2.45, 2.75) is 13.0 Å². The van der Waals surface area contributed by atoms with Crippen LogP contribution in [0.1, 0.15) is 12.0 Å². The van der Waals surface area contributed by atoms with E-state index in [4.69, 9.17) is 4.74 Å². The number of ether oxygens (including phenoxy) is 1. The lowest BCUT2D eigenvalue weighted by Gasteiger charge is -2.06. The third-order valence-electron chi connectivity index (χ3n) is 2.10. The number of methoxy groups -OCH3 is 1. The Morgan fingerprint density at radius 2 is 2.33 bits per heavy atom. The second-order valence-electron chi connectivity index (χ2n) is 3.21. The summed E-state index contributed by atoms with van der Waals surface area (Å²) in [6.45, 7) is 4.96. The fourth-order valence-electron chi connectivity index (χ4n) is 1.23. The normalized spacial score (nSPS) is 10.0. The first-order valence-electron chi connectivity index (χ1n) is 4.92. The van der Waals surface area contributed by atoms with E-state index in [1.807, 2.05) is 6.08 Å². The number of hydrogen-bond acceptors (Lipinski definition) is 2. The Labute approximate surface area is 89.8 Å². The molecule has 3 heteroatoms. The van der Waals surface area contributed by atoms with Crippen LogP contribution in [0.2, 0.25) is 0 Å². The summed E-state index contributed by atoms with van der Waals surface area (Å²) in [5, 5.41) is 3.13. The quantitative estimate of drug-likeness (QED) is 0.574. The van der Waals surface area contributed by atoms with Gasteiger partial charge in [-0.15, -0.1) is 6.58 Å². The first kappa shape index (κ1) is 11.7. The summed E-state index contributed by atoms with van der Waals surface area (Å²) in [5.41, 5.74) is 0.653. The molecule has 0 saturated heterocycles. The van der Waals surface area contributed by atoms with Crippen LogP contribution in [0.3, 0.4) is 0 Å². The fraction of sp³-hybridized carbons (Fsp3) is 0.333. The predicted molar refractivity (Wildman–Crippen MR) is 59.5 cm³/mol. The van der Waals surface area contributed by atoms with E-state index in [1.165, 1.54) is 13.2 Å². The van der Waals surface area contributed by atoms with Crippen molar-refractivity contribution >= 4 is 0 Å². The molecule has 0 bridgehead atoms. The molecule has 0 amide bonds. The average molecular weight is 209 g/mol. The van der Waals surface area contributed by atoms with Crippen LogP contribution in [0.25, 0.3) is 0 Å². The molecule has 2 nitrogen and oxygen atoms in total. The summed E-state index contributed by atoms with van der Waals surface area (Å²) in [6, 6.07) is 4.88. The highest BCUT2D eigenvalue weighted by atomic mass is 19.1. The summed E-state index contributed by atoms with van der Waals surface area (Å²) < 4.78 is 18.3.